The molecule has 0 aromatic carbocycles. The number of hydrogen-bond acceptors (Lipinski definition) is 3. The minimum Gasteiger partial charge on any atom is -0.347 e. The van der Waals surface area contributed by atoms with Crippen LogP contribution in [0.5, 0.6) is 0 Å². The molecule has 1 amide bonds. The van der Waals surface area contributed by atoms with Crippen LogP contribution in [0.3, 0.4) is 0 Å². The van der Waals surface area contributed by atoms with Gasteiger partial charge >= 0.3 is 0 Å². The molecule has 0 unspecified atom stereocenters. The fourth-order valence-electron chi connectivity index (χ4n) is 1.81. The summed E-state index contributed by atoms with van der Waals surface area (Å²) in [6.07, 6.45) is 6.58. The van der Waals surface area contributed by atoms with Crippen LogP contribution < -0.4 is 5.32 Å². The van der Waals surface area contributed by atoms with Crippen LogP contribution in [-0.4, -0.2) is 25.7 Å². The van der Waals surface area contributed by atoms with Crippen LogP contribution in [-0.2, 0) is 18.4 Å². The van der Waals surface area contributed by atoms with E-state index in [1.54, 1.807) is 23.3 Å². The number of carbonyl (C=O) groups is 1. The van der Waals surface area contributed by atoms with Crippen LogP contribution in [0.1, 0.15) is 22.6 Å². The molecule has 100 valence electrons. The van der Waals surface area contributed by atoms with E-state index in [0.717, 1.165) is 22.6 Å². The first-order chi connectivity index (χ1) is 9.08. The van der Waals surface area contributed by atoms with Gasteiger partial charge in [0.25, 0.3) is 0 Å². The zero-order valence-corrected chi connectivity index (χ0v) is 11.3. The summed E-state index contributed by atoms with van der Waals surface area (Å²) in [6.45, 7) is 4.34. The molecule has 0 aliphatic heterocycles. The van der Waals surface area contributed by atoms with Crippen molar-refractivity contribution in [1.82, 2.24) is 25.1 Å². The summed E-state index contributed by atoms with van der Waals surface area (Å²) in [5.41, 5.74) is 3.81. The van der Waals surface area contributed by atoms with E-state index in [0.29, 0.717) is 6.54 Å². The molecule has 2 rings (SSSR count). The summed E-state index contributed by atoms with van der Waals surface area (Å²) in [4.78, 5) is 18.5. The van der Waals surface area contributed by atoms with Crippen LogP contribution in [0.2, 0.25) is 0 Å². The van der Waals surface area contributed by atoms with E-state index in [1.807, 2.05) is 20.9 Å². The van der Waals surface area contributed by atoms with E-state index >= 15 is 0 Å². The molecule has 2 N–H and O–H groups in total. The maximum absolute atomic E-state index is 11.7. The predicted molar refractivity (Wildman–Crippen MR) is 72.2 cm³/mol. The van der Waals surface area contributed by atoms with Gasteiger partial charge in [0, 0.05) is 30.6 Å². The number of aromatic amines is 1. The molecule has 0 saturated carbocycles. The molecular weight excluding hydrogens is 242 g/mol. The molecular formula is C13H17N5O. The van der Waals surface area contributed by atoms with Crippen molar-refractivity contribution in [3.63, 3.8) is 0 Å². The highest BCUT2D eigenvalue weighted by atomic mass is 16.1. The Morgan fingerprint density at radius 2 is 2.32 bits per heavy atom. The van der Waals surface area contributed by atoms with Gasteiger partial charge in [-0.15, -0.1) is 0 Å². The highest BCUT2D eigenvalue weighted by Gasteiger charge is 2.06. The average Bonchev–Trinajstić information content (AvgIpc) is 2.96. The lowest BCUT2D eigenvalue weighted by Gasteiger charge is -1.99. The molecule has 0 atom stereocenters. The molecule has 6 nitrogen and oxygen atoms in total. The Balaban J connectivity index is 1.96. The Morgan fingerprint density at radius 3 is 2.89 bits per heavy atom. The smallest absolute Gasteiger partial charge is 0.244 e. The molecule has 0 saturated heterocycles. The van der Waals surface area contributed by atoms with Gasteiger partial charge in [0.05, 0.1) is 24.3 Å². The number of nitrogens with one attached hydrogen (secondary N) is 2. The van der Waals surface area contributed by atoms with Crippen molar-refractivity contribution >= 4 is 12.0 Å². The third-order valence-corrected chi connectivity index (χ3v) is 2.97. The van der Waals surface area contributed by atoms with Gasteiger partial charge < -0.3 is 10.3 Å². The molecule has 0 aliphatic carbocycles. The van der Waals surface area contributed by atoms with Crippen molar-refractivity contribution in [1.29, 1.82) is 0 Å². The Morgan fingerprint density at radius 1 is 1.53 bits per heavy atom. The lowest BCUT2D eigenvalue weighted by Crippen LogP contribution is -2.20. The molecule has 0 bridgehead atoms. The van der Waals surface area contributed by atoms with Gasteiger partial charge in [0.2, 0.25) is 5.91 Å². The van der Waals surface area contributed by atoms with Crippen LogP contribution in [0.15, 0.2) is 18.6 Å². The fourth-order valence-corrected chi connectivity index (χ4v) is 1.81. The van der Waals surface area contributed by atoms with Crippen molar-refractivity contribution in [2.45, 2.75) is 20.4 Å². The second kappa shape index (κ2) is 5.51. The summed E-state index contributed by atoms with van der Waals surface area (Å²) in [6, 6.07) is 0. The zero-order chi connectivity index (χ0) is 13.8. The highest BCUT2D eigenvalue weighted by Crippen LogP contribution is 2.13. The molecule has 2 heterocycles. The highest BCUT2D eigenvalue weighted by molar-refractivity contribution is 5.91. The van der Waals surface area contributed by atoms with Gasteiger partial charge in [0.1, 0.15) is 0 Å². The summed E-state index contributed by atoms with van der Waals surface area (Å²) in [5, 5.41) is 7.07. The van der Waals surface area contributed by atoms with Crippen LogP contribution in [0.4, 0.5) is 0 Å². The number of aryl methyl sites for hydroxylation is 2. The minimum atomic E-state index is -0.141. The van der Waals surface area contributed by atoms with Crippen molar-refractivity contribution in [3.05, 3.63) is 41.2 Å². The van der Waals surface area contributed by atoms with Crippen molar-refractivity contribution in [3.8, 4) is 0 Å². The quantitative estimate of drug-likeness (QED) is 0.807. The van der Waals surface area contributed by atoms with E-state index < -0.39 is 0 Å². The van der Waals surface area contributed by atoms with E-state index in [4.69, 9.17) is 0 Å². The van der Waals surface area contributed by atoms with Crippen molar-refractivity contribution < 1.29 is 4.79 Å². The molecule has 2 aromatic heterocycles. The number of hydrogen-bond donors (Lipinski definition) is 2. The van der Waals surface area contributed by atoms with Crippen LogP contribution in [0, 0.1) is 13.8 Å². The number of carbonyl (C=O) groups excluding carboxylic acids is 1. The number of nitrogens with zero attached hydrogens (tertiary/aromatic N) is 3. The lowest BCUT2D eigenvalue weighted by atomic mass is 10.2. The SMILES string of the molecule is Cc1nn(C)c(C)c1C=CC(=O)NCc1cnc[nH]1. The summed E-state index contributed by atoms with van der Waals surface area (Å²) < 4.78 is 1.80. The third-order valence-electron chi connectivity index (χ3n) is 2.97. The molecule has 0 spiro atoms. The maximum atomic E-state index is 11.7. The molecule has 6 heteroatoms. The first kappa shape index (κ1) is 13.1. The topological polar surface area (TPSA) is 75.6 Å². The Hall–Kier alpha value is -2.37. The molecule has 0 radical (unpaired) electrons. The number of imidazole rings is 1. The number of amides is 1. The van der Waals surface area contributed by atoms with E-state index in [9.17, 15) is 4.79 Å². The summed E-state index contributed by atoms with van der Waals surface area (Å²) >= 11 is 0. The first-order valence-corrected chi connectivity index (χ1v) is 6.01. The zero-order valence-electron chi connectivity index (χ0n) is 11.3. The lowest BCUT2D eigenvalue weighted by molar-refractivity contribution is -0.116. The van der Waals surface area contributed by atoms with Crippen molar-refractivity contribution in [2.24, 2.45) is 7.05 Å². The maximum Gasteiger partial charge on any atom is 0.244 e. The Kier molecular flexibility index (Phi) is 3.79. The number of rotatable bonds is 4. The van der Waals surface area contributed by atoms with Gasteiger partial charge in [-0.25, -0.2) is 4.98 Å². The minimum absolute atomic E-state index is 0.141. The molecule has 0 fully saturated rings. The number of H-pyrrole nitrogens is 1. The summed E-state index contributed by atoms with van der Waals surface area (Å²) in [5.74, 6) is -0.141. The van der Waals surface area contributed by atoms with Gasteiger partial charge in [-0.1, -0.05) is 0 Å². The van der Waals surface area contributed by atoms with Crippen molar-refractivity contribution in [2.75, 3.05) is 0 Å². The van der Waals surface area contributed by atoms with Gasteiger partial charge in [-0.2, -0.15) is 5.10 Å². The monoisotopic (exact) mass is 259 g/mol. The predicted octanol–water partition coefficient (Wildman–Crippen LogP) is 1.09. The van der Waals surface area contributed by atoms with Gasteiger partial charge in [-0.3, -0.25) is 9.48 Å². The fraction of sp³-hybridized carbons (Fsp3) is 0.308. The van der Waals surface area contributed by atoms with E-state index in [2.05, 4.69) is 20.4 Å². The molecule has 0 aliphatic rings. The second-order valence-electron chi connectivity index (χ2n) is 4.34. The van der Waals surface area contributed by atoms with E-state index in [-0.39, 0.29) is 5.91 Å². The molecule has 19 heavy (non-hydrogen) atoms. The normalized spacial score (nSPS) is 11.1. The Labute approximate surface area is 111 Å². The number of aromatic nitrogens is 4. The largest absolute Gasteiger partial charge is 0.347 e. The van der Waals surface area contributed by atoms with E-state index in [1.165, 1.54) is 6.08 Å². The first-order valence-electron chi connectivity index (χ1n) is 6.01. The molecule has 2 aromatic rings. The third kappa shape index (κ3) is 3.09. The second-order valence-corrected chi connectivity index (χ2v) is 4.34. The average molecular weight is 259 g/mol. The summed E-state index contributed by atoms with van der Waals surface area (Å²) in [7, 11) is 1.89. The van der Waals surface area contributed by atoms with Crippen LogP contribution in [0.25, 0.3) is 6.08 Å². The van der Waals surface area contributed by atoms with Gasteiger partial charge in [0.15, 0.2) is 0 Å². The standard InChI is InChI=1S/C13H17N5O/c1-9-12(10(2)18(3)17-9)4-5-13(19)15-7-11-6-14-8-16-11/h4-6,8H,7H2,1-3H3,(H,14,16)(H,15,19). The van der Waals surface area contributed by atoms with Crippen LogP contribution >= 0.6 is 0 Å². The Bertz CT molecular complexity index is 595. The van der Waals surface area contributed by atoms with Gasteiger partial charge in [-0.05, 0) is 19.9 Å².